The molecule has 0 aliphatic heterocycles. The fourth-order valence-corrected chi connectivity index (χ4v) is 3.36. The van der Waals surface area contributed by atoms with Crippen LogP contribution in [-0.2, 0) is 4.79 Å². The monoisotopic (exact) mass is 236 g/mol. The van der Waals surface area contributed by atoms with E-state index in [4.69, 9.17) is 0 Å². The number of carbonyl (C=O) groups is 1. The van der Waals surface area contributed by atoms with Gasteiger partial charge in [-0.1, -0.05) is 19.6 Å². The number of fused-ring (bicyclic) bond motifs is 1. The van der Waals surface area contributed by atoms with Crippen LogP contribution in [0.2, 0.25) is 0 Å². The minimum absolute atomic E-state index is 0.0549. The number of ketones is 1. The molecule has 0 amide bonds. The number of carbonyl (C=O) groups excluding carboxylic acids is 1. The van der Waals surface area contributed by atoms with Gasteiger partial charge in [0.05, 0.1) is 6.10 Å². The number of Topliss-reactive ketones (excluding diaryl/α,β-unsaturated/α-hetero) is 1. The van der Waals surface area contributed by atoms with Crippen LogP contribution >= 0.6 is 0 Å². The highest BCUT2D eigenvalue weighted by molar-refractivity contribution is 6.00. The minimum atomic E-state index is -1.19. The fourth-order valence-electron chi connectivity index (χ4n) is 3.36. The van der Waals surface area contributed by atoms with Crippen LogP contribution in [0.25, 0.3) is 0 Å². The van der Waals surface area contributed by atoms with Crippen molar-refractivity contribution in [1.82, 2.24) is 0 Å². The molecule has 94 valence electrons. The summed E-state index contributed by atoms with van der Waals surface area (Å²) in [6.45, 7) is 9.26. The van der Waals surface area contributed by atoms with Gasteiger partial charge < -0.3 is 10.2 Å². The first-order chi connectivity index (χ1) is 7.92. The van der Waals surface area contributed by atoms with Crippen molar-refractivity contribution in [3.63, 3.8) is 0 Å². The summed E-state index contributed by atoms with van der Waals surface area (Å²) in [7, 11) is 0. The number of rotatable bonds is 3. The van der Waals surface area contributed by atoms with Crippen LogP contribution in [0.1, 0.15) is 26.2 Å². The zero-order chi connectivity index (χ0) is 12.8. The minimum Gasteiger partial charge on any atom is -0.392 e. The molecule has 17 heavy (non-hydrogen) atoms. The highest BCUT2D eigenvalue weighted by Gasteiger charge is 2.59. The largest absolute Gasteiger partial charge is 0.392 e. The Morgan fingerprint density at radius 2 is 2.18 bits per heavy atom. The molecule has 3 heteroatoms. The third-order valence-electron chi connectivity index (χ3n) is 4.59. The predicted molar refractivity (Wildman–Crippen MR) is 65.3 cm³/mol. The van der Waals surface area contributed by atoms with Gasteiger partial charge >= 0.3 is 0 Å². The number of hydrogen-bond acceptors (Lipinski definition) is 3. The van der Waals surface area contributed by atoms with Crippen molar-refractivity contribution in [3.8, 4) is 0 Å². The van der Waals surface area contributed by atoms with E-state index in [1.165, 1.54) is 0 Å². The smallest absolute Gasteiger partial charge is 0.161 e. The summed E-state index contributed by atoms with van der Waals surface area (Å²) in [6, 6.07) is 0. The van der Waals surface area contributed by atoms with Gasteiger partial charge in [0.1, 0.15) is 5.60 Å². The zero-order valence-corrected chi connectivity index (χ0v) is 10.2. The molecule has 0 saturated heterocycles. The molecule has 0 aromatic heterocycles. The van der Waals surface area contributed by atoms with Gasteiger partial charge in [-0.25, -0.2) is 0 Å². The standard InChI is InChI=1S/C14H20O3/c1-4-8(2)13(16)11-6-5-10-7-12(15)9(3)14(10,11)17/h4,8,10-11,13,16-17H,1,3,5-7H2,2H3/t8-,10-,11+,13+,14-/m0/s1. The summed E-state index contributed by atoms with van der Waals surface area (Å²) >= 11 is 0. The van der Waals surface area contributed by atoms with E-state index in [-0.39, 0.29) is 23.5 Å². The predicted octanol–water partition coefficient (Wildman–Crippen LogP) is 1.46. The molecule has 0 heterocycles. The summed E-state index contributed by atoms with van der Waals surface area (Å²) < 4.78 is 0. The molecular formula is C14H20O3. The van der Waals surface area contributed by atoms with Crippen molar-refractivity contribution >= 4 is 5.78 Å². The third-order valence-corrected chi connectivity index (χ3v) is 4.59. The quantitative estimate of drug-likeness (QED) is 0.576. The second-order valence-corrected chi connectivity index (χ2v) is 5.40. The molecule has 2 N–H and O–H groups in total. The Kier molecular flexibility index (Phi) is 3.00. The molecule has 0 aromatic rings. The molecule has 2 fully saturated rings. The lowest BCUT2D eigenvalue weighted by atomic mass is 9.77. The van der Waals surface area contributed by atoms with Gasteiger partial charge in [-0.2, -0.15) is 0 Å². The van der Waals surface area contributed by atoms with Crippen molar-refractivity contribution < 1.29 is 15.0 Å². The van der Waals surface area contributed by atoms with Crippen LogP contribution in [-0.4, -0.2) is 27.7 Å². The lowest BCUT2D eigenvalue weighted by Gasteiger charge is -2.35. The molecule has 0 unspecified atom stereocenters. The SMILES string of the molecule is C=C[C@H](C)[C@@H](O)[C@H]1CC[C@H]2CC(=O)C(=C)[C@]21O. The topological polar surface area (TPSA) is 57.5 Å². The summed E-state index contributed by atoms with van der Waals surface area (Å²) in [5.41, 5.74) is -0.895. The van der Waals surface area contributed by atoms with Gasteiger partial charge in [0.25, 0.3) is 0 Å². The van der Waals surface area contributed by atoms with Gasteiger partial charge in [-0.15, -0.1) is 6.58 Å². The molecule has 2 aliphatic rings. The highest BCUT2D eigenvalue weighted by Crippen LogP contribution is 2.53. The summed E-state index contributed by atoms with van der Waals surface area (Å²) in [4.78, 5) is 11.6. The maximum atomic E-state index is 11.6. The average Bonchev–Trinajstić information content (AvgIpc) is 2.74. The van der Waals surface area contributed by atoms with Crippen molar-refractivity contribution in [2.75, 3.05) is 0 Å². The van der Waals surface area contributed by atoms with E-state index in [2.05, 4.69) is 13.2 Å². The molecule has 0 radical (unpaired) electrons. The van der Waals surface area contributed by atoms with E-state index in [1.807, 2.05) is 6.92 Å². The lowest BCUT2D eigenvalue weighted by Crippen LogP contribution is -2.45. The number of hydrogen-bond donors (Lipinski definition) is 2. The van der Waals surface area contributed by atoms with Crippen molar-refractivity contribution in [3.05, 3.63) is 24.8 Å². The Bertz CT molecular complexity index is 374. The van der Waals surface area contributed by atoms with Gasteiger partial charge in [0, 0.05) is 23.8 Å². The lowest BCUT2D eigenvalue weighted by molar-refractivity contribution is -0.115. The molecule has 0 aromatic carbocycles. The van der Waals surface area contributed by atoms with Crippen LogP contribution in [0.4, 0.5) is 0 Å². The maximum absolute atomic E-state index is 11.6. The molecule has 2 saturated carbocycles. The summed E-state index contributed by atoms with van der Waals surface area (Å²) in [6.07, 6.45) is 2.92. The van der Waals surface area contributed by atoms with Crippen molar-refractivity contribution in [1.29, 1.82) is 0 Å². The summed E-state index contributed by atoms with van der Waals surface area (Å²) in [5.74, 6) is -0.495. The fraction of sp³-hybridized carbons (Fsp3) is 0.643. The summed E-state index contributed by atoms with van der Waals surface area (Å²) in [5, 5.41) is 21.0. The van der Waals surface area contributed by atoms with Crippen LogP contribution in [0, 0.1) is 17.8 Å². The van der Waals surface area contributed by atoms with Crippen LogP contribution < -0.4 is 0 Å². The van der Waals surface area contributed by atoms with E-state index in [9.17, 15) is 15.0 Å². The third kappa shape index (κ3) is 1.60. The first-order valence-electron chi connectivity index (χ1n) is 6.18. The van der Waals surface area contributed by atoms with E-state index < -0.39 is 11.7 Å². The first-order valence-corrected chi connectivity index (χ1v) is 6.18. The second-order valence-electron chi connectivity index (χ2n) is 5.40. The molecule has 0 spiro atoms. The van der Waals surface area contributed by atoms with Crippen LogP contribution in [0.15, 0.2) is 24.8 Å². The van der Waals surface area contributed by atoms with Gasteiger partial charge in [-0.3, -0.25) is 4.79 Å². The zero-order valence-electron chi connectivity index (χ0n) is 10.2. The Balaban J connectivity index is 2.29. The molecule has 3 nitrogen and oxygen atoms in total. The molecule has 5 atom stereocenters. The Morgan fingerprint density at radius 1 is 1.53 bits per heavy atom. The molecule has 2 rings (SSSR count). The van der Waals surface area contributed by atoms with E-state index >= 15 is 0 Å². The number of aliphatic hydroxyl groups excluding tert-OH is 1. The van der Waals surface area contributed by atoms with Gasteiger partial charge in [0.2, 0.25) is 0 Å². The van der Waals surface area contributed by atoms with Gasteiger partial charge in [-0.05, 0) is 18.8 Å². The maximum Gasteiger partial charge on any atom is 0.161 e. The van der Waals surface area contributed by atoms with E-state index in [0.29, 0.717) is 12.0 Å². The van der Waals surface area contributed by atoms with E-state index in [0.717, 1.165) is 12.8 Å². The molecular weight excluding hydrogens is 216 g/mol. The van der Waals surface area contributed by atoms with Crippen molar-refractivity contribution in [2.24, 2.45) is 17.8 Å². The van der Waals surface area contributed by atoms with Crippen LogP contribution in [0.5, 0.6) is 0 Å². The van der Waals surface area contributed by atoms with Gasteiger partial charge in [0.15, 0.2) is 5.78 Å². The first kappa shape index (κ1) is 12.5. The number of aliphatic hydroxyl groups is 2. The normalized spacial score (nSPS) is 40.2. The Hall–Kier alpha value is -0.930. The Labute approximate surface area is 102 Å². The second kappa shape index (κ2) is 4.07. The average molecular weight is 236 g/mol. The Morgan fingerprint density at radius 3 is 2.76 bits per heavy atom. The van der Waals surface area contributed by atoms with Crippen molar-refractivity contribution in [2.45, 2.75) is 37.9 Å². The highest BCUT2D eigenvalue weighted by atomic mass is 16.3. The van der Waals surface area contributed by atoms with Crippen LogP contribution in [0.3, 0.4) is 0 Å². The van der Waals surface area contributed by atoms with E-state index in [1.54, 1.807) is 6.08 Å². The molecule has 0 bridgehead atoms. The molecule has 2 aliphatic carbocycles.